The van der Waals surface area contributed by atoms with Crippen molar-refractivity contribution in [3.05, 3.63) is 29.3 Å². The van der Waals surface area contributed by atoms with Crippen molar-refractivity contribution in [1.29, 1.82) is 0 Å². The van der Waals surface area contributed by atoms with Crippen molar-refractivity contribution >= 4 is 29.3 Å². The van der Waals surface area contributed by atoms with E-state index in [4.69, 9.17) is 17.3 Å². The zero-order valence-corrected chi connectivity index (χ0v) is 13.9. The first-order valence-electron chi connectivity index (χ1n) is 6.66. The second-order valence-electron chi connectivity index (χ2n) is 5.67. The number of nitrogens with zero attached hydrogens (tertiary/aromatic N) is 1. The molecular weight excluding hydrogens is 292 g/mol. The third kappa shape index (κ3) is 6.16. The van der Waals surface area contributed by atoms with Crippen molar-refractivity contribution in [2.75, 3.05) is 25.9 Å². The minimum atomic E-state index is -0.0340. The maximum atomic E-state index is 12.0. The second kappa shape index (κ2) is 7.91. The molecule has 0 spiro atoms. The van der Waals surface area contributed by atoms with Gasteiger partial charge in [-0.05, 0) is 36.2 Å². The number of benzene rings is 1. The molecule has 0 heterocycles. The molecule has 1 aromatic carbocycles. The number of hydrogen-bond acceptors (Lipinski definition) is 3. The van der Waals surface area contributed by atoms with Gasteiger partial charge < -0.3 is 10.6 Å². The molecule has 1 aromatic rings. The lowest BCUT2D eigenvalue weighted by Gasteiger charge is -2.29. The summed E-state index contributed by atoms with van der Waals surface area (Å²) >= 11 is 7.50. The summed E-state index contributed by atoms with van der Waals surface area (Å²) in [6.07, 6.45) is 0.532. The molecule has 1 amide bonds. The minimum Gasteiger partial charge on any atom is -0.345 e. The molecule has 0 fully saturated rings. The topological polar surface area (TPSA) is 46.3 Å². The number of thioether (sulfide) groups is 1. The third-order valence-electron chi connectivity index (χ3n) is 3.04. The molecule has 1 rings (SSSR count). The number of amides is 1. The highest BCUT2D eigenvalue weighted by Crippen LogP contribution is 2.21. The Kier molecular flexibility index (Phi) is 6.86. The molecule has 0 unspecified atom stereocenters. The Morgan fingerprint density at radius 1 is 1.35 bits per heavy atom. The van der Waals surface area contributed by atoms with Gasteiger partial charge in [-0.3, -0.25) is 4.79 Å². The van der Waals surface area contributed by atoms with Crippen molar-refractivity contribution in [1.82, 2.24) is 4.90 Å². The van der Waals surface area contributed by atoms with Gasteiger partial charge in [-0.25, -0.2) is 0 Å². The van der Waals surface area contributed by atoms with Gasteiger partial charge in [-0.15, -0.1) is 11.8 Å². The zero-order valence-electron chi connectivity index (χ0n) is 12.4. The van der Waals surface area contributed by atoms with E-state index < -0.39 is 0 Å². The lowest BCUT2D eigenvalue weighted by atomic mass is 9.93. The molecule has 3 nitrogen and oxygen atoms in total. The van der Waals surface area contributed by atoms with Crippen LogP contribution in [-0.2, 0) is 4.79 Å². The predicted octanol–water partition coefficient (Wildman–Crippen LogP) is 3.27. The van der Waals surface area contributed by atoms with E-state index in [-0.39, 0.29) is 11.3 Å². The molecule has 20 heavy (non-hydrogen) atoms. The predicted molar refractivity (Wildman–Crippen MR) is 87.3 cm³/mol. The van der Waals surface area contributed by atoms with Crippen LogP contribution in [0.1, 0.15) is 20.3 Å². The van der Waals surface area contributed by atoms with Crippen molar-refractivity contribution < 1.29 is 4.79 Å². The number of nitrogens with two attached hydrogens (primary N) is 1. The van der Waals surface area contributed by atoms with Crippen LogP contribution < -0.4 is 5.73 Å². The third-order valence-corrected chi connectivity index (χ3v) is 4.31. The van der Waals surface area contributed by atoms with Gasteiger partial charge in [-0.1, -0.05) is 25.4 Å². The molecule has 0 aliphatic carbocycles. The highest BCUT2D eigenvalue weighted by Gasteiger charge is 2.20. The van der Waals surface area contributed by atoms with Crippen molar-refractivity contribution in [3.8, 4) is 0 Å². The van der Waals surface area contributed by atoms with Gasteiger partial charge in [0, 0.05) is 35.7 Å². The summed E-state index contributed by atoms with van der Waals surface area (Å²) in [5.74, 6) is 0.932. The van der Waals surface area contributed by atoms with Gasteiger partial charge in [0.15, 0.2) is 0 Å². The average Bonchev–Trinajstić information content (AvgIpc) is 2.40. The van der Waals surface area contributed by atoms with Crippen LogP contribution in [0.2, 0.25) is 5.02 Å². The first-order chi connectivity index (χ1) is 9.34. The van der Waals surface area contributed by atoms with Gasteiger partial charge in [0.05, 0.1) is 0 Å². The number of carbonyl (C=O) groups is 1. The fourth-order valence-electron chi connectivity index (χ4n) is 1.77. The van der Waals surface area contributed by atoms with E-state index in [0.29, 0.717) is 19.5 Å². The number of carbonyl (C=O) groups excluding carboxylic acids is 1. The van der Waals surface area contributed by atoms with Crippen LogP contribution in [0.25, 0.3) is 0 Å². The molecule has 0 bridgehead atoms. The number of hydrogen-bond donors (Lipinski definition) is 1. The van der Waals surface area contributed by atoms with Crippen LogP contribution in [0.5, 0.6) is 0 Å². The zero-order chi connectivity index (χ0) is 15.2. The Hall–Kier alpha value is -0.710. The molecule has 0 aliphatic rings. The summed E-state index contributed by atoms with van der Waals surface area (Å²) in [6.45, 7) is 5.40. The summed E-state index contributed by atoms with van der Waals surface area (Å²) in [6, 6.07) is 7.67. The molecule has 0 radical (unpaired) electrons. The van der Waals surface area contributed by atoms with Crippen molar-refractivity contribution in [2.24, 2.45) is 11.1 Å². The maximum Gasteiger partial charge on any atom is 0.223 e. The summed E-state index contributed by atoms with van der Waals surface area (Å²) in [5, 5.41) is 0.731. The van der Waals surface area contributed by atoms with Crippen LogP contribution in [0, 0.1) is 5.41 Å². The van der Waals surface area contributed by atoms with E-state index in [1.807, 2.05) is 31.3 Å². The highest BCUT2D eigenvalue weighted by atomic mass is 35.5. The van der Waals surface area contributed by atoms with Gasteiger partial charge in [0.2, 0.25) is 5.91 Å². The fourth-order valence-corrected chi connectivity index (χ4v) is 2.74. The molecule has 112 valence electrons. The normalized spacial score (nSPS) is 11.4. The molecule has 0 saturated carbocycles. The van der Waals surface area contributed by atoms with Crippen LogP contribution in [0.3, 0.4) is 0 Å². The largest absolute Gasteiger partial charge is 0.345 e. The summed E-state index contributed by atoms with van der Waals surface area (Å²) in [4.78, 5) is 14.9. The number of rotatable bonds is 7. The molecule has 0 saturated heterocycles. The fraction of sp³-hybridized carbons (Fsp3) is 0.533. The van der Waals surface area contributed by atoms with E-state index >= 15 is 0 Å². The second-order valence-corrected chi connectivity index (χ2v) is 7.28. The van der Waals surface area contributed by atoms with Crippen LogP contribution in [-0.4, -0.2) is 36.7 Å². The van der Waals surface area contributed by atoms with Gasteiger partial charge >= 0.3 is 0 Å². The molecular formula is C15H23ClN2OS. The lowest BCUT2D eigenvalue weighted by Crippen LogP contribution is -2.39. The van der Waals surface area contributed by atoms with Crippen LogP contribution in [0.4, 0.5) is 0 Å². The first-order valence-corrected chi connectivity index (χ1v) is 8.03. The van der Waals surface area contributed by atoms with Crippen molar-refractivity contribution in [2.45, 2.75) is 25.2 Å². The average molecular weight is 315 g/mol. The van der Waals surface area contributed by atoms with E-state index in [2.05, 4.69) is 13.8 Å². The Bertz CT molecular complexity index is 434. The van der Waals surface area contributed by atoms with Gasteiger partial charge in [0.1, 0.15) is 0 Å². The van der Waals surface area contributed by atoms with Crippen LogP contribution in [0.15, 0.2) is 29.2 Å². The Morgan fingerprint density at radius 2 is 1.95 bits per heavy atom. The quantitative estimate of drug-likeness (QED) is 0.786. The number of halogens is 1. The molecule has 0 aromatic heterocycles. The van der Waals surface area contributed by atoms with E-state index in [9.17, 15) is 4.79 Å². The van der Waals surface area contributed by atoms with Crippen molar-refractivity contribution in [3.63, 3.8) is 0 Å². The molecule has 5 heteroatoms. The van der Waals surface area contributed by atoms with E-state index in [1.165, 1.54) is 0 Å². The molecule has 0 atom stereocenters. The monoisotopic (exact) mass is 314 g/mol. The first kappa shape index (κ1) is 17.3. The smallest absolute Gasteiger partial charge is 0.223 e. The van der Waals surface area contributed by atoms with Gasteiger partial charge in [-0.2, -0.15) is 0 Å². The SMILES string of the molecule is CN(CC(C)(C)CN)C(=O)CCSc1ccc(Cl)cc1. The Labute approximate surface area is 130 Å². The minimum absolute atomic E-state index is 0.0340. The lowest BCUT2D eigenvalue weighted by molar-refractivity contribution is -0.130. The molecule has 0 aliphatic heterocycles. The summed E-state index contributed by atoms with van der Waals surface area (Å²) in [5.41, 5.74) is 5.66. The summed E-state index contributed by atoms with van der Waals surface area (Å²) in [7, 11) is 1.84. The Balaban J connectivity index is 2.34. The highest BCUT2D eigenvalue weighted by molar-refractivity contribution is 7.99. The Morgan fingerprint density at radius 3 is 2.50 bits per heavy atom. The molecule has 2 N–H and O–H groups in total. The van der Waals surface area contributed by atoms with Gasteiger partial charge in [0.25, 0.3) is 0 Å². The summed E-state index contributed by atoms with van der Waals surface area (Å²) < 4.78 is 0. The maximum absolute atomic E-state index is 12.0. The van der Waals surface area contributed by atoms with E-state index in [1.54, 1.807) is 16.7 Å². The van der Waals surface area contributed by atoms with E-state index in [0.717, 1.165) is 15.7 Å². The van der Waals surface area contributed by atoms with Crippen LogP contribution >= 0.6 is 23.4 Å². The standard InChI is InChI=1S/C15H23ClN2OS/c1-15(2,10-17)11-18(3)14(19)8-9-20-13-6-4-12(16)5-7-13/h4-7H,8-11,17H2,1-3H3.